The van der Waals surface area contributed by atoms with Crippen molar-refractivity contribution >= 4 is 35.3 Å². The van der Waals surface area contributed by atoms with Crippen molar-refractivity contribution < 1.29 is 23.9 Å². The van der Waals surface area contributed by atoms with E-state index in [1.54, 1.807) is 18.2 Å². The highest BCUT2D eigenvalue weighted by Gasteiger charge is 2.40. The molecule has 254 valence electrons. The fourth-order valence-electron chi connectivity index (χ4n) is 7.66. The smallest absolute Gasteiger partial charge is 0.335 e. The van der Waals surface area contributed by atoms with Gasteiger partial charge < -0.3 is 14.4 Å². The van der Waals surface area contributed by atoms with Crippen molar-refractivity contribution in [2.24, 2.45) is 0 Å². The summed E-state index contributed by atoms with van der Waals surface area (Å²) >= 11 is 0. The number of carbonyl (C=O) groups is 3. The molecular weight excluding hydrogens is 638 g/mol. The summed E-state index contributed by atoms with van der Waals surface area (Å²) in [4.78, 5) is 44.7. The summed E-state index contributed by atoms with van der Waals surface area (Å²) in [6.45, 7) is 2.20. The molecule has 3 aliphatic heterocycles. The SMILES string of the molecule is COc1cc(/C=C2\C(=O)NC(=O)N(c3cc4c5c(c3)[C@H](c3ccccc3)CCN5CC[C@@H]4c3ccccc3)C2=O)ccc1OCc1ccccc1. The lowest BCUT2D eigenvalue weighted by Gasteiger charge is -2.44. The van der Waals surface area contributed by atoms with Gasteiger partial charge in [-0.1, -0.05) is 97.1 Å². The van der Waals surface area contributed by atoms with E-state index < -0.39 is 17.8 Å². The molecule has 5 aromatic rings. The van der Waals surface area contributed by atoms with Gasteiger partial charge in [-0.3, -0.25) is 14.9 Å². The molecule has 8 heteroatoms. The van der Waals surface area contributed by atoms with Crippen LogP contribution < -0.4 is 24.6 Å². The maximum Gasteiger partial charge on any atom is 0.335 e. The Bertz CT molecular complexity index is 2080. The Morgan fingerprint density at radius 1 is 0.725 bits per heavy atom. The van der Waals surface area contributed by atoms with Crippen LogP contribution in [0.15, 0.2) is 127 Å². The number of urea groups is 1. The Morgan fingerprint density at radius 2 is 1.31 bits per heavy atom. The number of hydrogen-bond donors (Lipinski definition) is 1. The first-order valence-electron chi connectivity index (χ1n) is 17.3. The lowest BCUT2D eigenvalue weighted by molar-refractivity contribution is -0.122. The number of benzene rings is 5. The van der Waals surface area contributed by atoms with Gasteiger partial charge in [-0.2, -0.15) is 0 Å². The van der Waals surface area contributed by atoms with Crippen LogP contribution in [-0.4, -0.2) is 38.0 Å². The summed E-state index contributed by atoms with van der Waals surface area (Å²) in [6, 6.07) is 39.0. The van der Waals surface area contributed by atoms with Crippen LogP contribution in [-0.2, 0) is 16.2 Å². The monoisotopic (exact) mass is 675 g/mol. The molecule has 1 N–H and O–H groups in total. The summed E-state index contributed by atoms with van der Waals surface area (Å²) in [5.74, 6) is -0.290. The number of nitrogens with one attached hydrogen (secondary N) is 1. The Labute approximate surface area is 296 Å². The van der Waals surface area contributed by atoms with E-state index in [0.29, 0.717) is 29.4 Å². The number of methoxy groups -OCH3 is 1. The third kappa shape index (κ3) is 6.14. The molecule has 3 heterocycles. The summed E-state index contributed by atoms with van der Waals surface area (Å²) < 4.78 is 11.6. The number of barbiturate groups is 1. The zero-order valence-electron chi connectivity index (χ0n) is 28.3. The molecule has 0 aromatic heterocycles. The second-order valence-corrected chi connectivity index (χ2v) is 13.1. The third-order valence-corrected chi connectivity index (χ3v) is 10.1. The molecule has 0 aliphatic carbocycles. The molecule has 1 fully saturated rings. The second kappa shape index (κ2) is 13.6. The van der Waals surface area contributed by atoms with Gasteiger partial charge in [-0.05, 0) is 76.6 Å². The summed E-state index contributed by atoms with van der Waals surface area (Å²) in [7, 11) is 1.54. The van der Waals surface area contributed by atoms with Crippen LogP contribution in [0.25, 0.3) is 6.08 Å². The second-order valence-electron chi connectivity index (χ2n) is 13.1. The first-order valence-corrected chi connectivity index (χ1v) is 17.3. The van der Waals surface area contributed by atoms with Crippen LogP contribution in [0.3, 0.4) is 0 Å². The Hall–Kier alpha value is -6.15. The number of imide groups is 2. The van der Waals surface area contributed by atoms with Gasteiger partial charge in [0.1, 0.15) is 12.2 Å². The molecular formula is C43H37N3O5. The van der Waals surface area contributed by atoms with E-state index in [9.17, 15) is 14.4 Å². The molecule has 0 saturated carbocycles. The van der Waals surface area contributed by atoms with Crippen molar-refractivity contribution in [1.29, 1.82) is 0 Å². The largest absolute Gasteiger partial charge is 0.493 e. The predicted octanol–water partition coefficient (Wildman–Crippen LogP) is 7.82. The zero-order chi connectivity index (χ0) is 34.9. The standard InChI is InChI=1S/C43H37N3O5/c1-50-39-24-29(17-18-38(39)51-27-28-11-5-2-6-12-28)23-37-41(47)44-43(49)46(42(37)48)32-25-35-33(30-13-7-3-8-14-30)19-21-45-22-20-34(36(26-32)40(35)45)31-15-9-4-10-16-31/h2-18,23-26,33-34H,19-22,27H2,1H3,(H,44,47,49)/b37-23+/t33-,34+. The first kappa shape index (κ1) is 32.1. The average molecular weight is 676 g/mol. The van der Waals surface area contributed by atoms with E-state index in [1.807, 2.05) is 78.9 Å². The lowest BCUT2D eigenvalue weighted by Crippen LogP contribution is -2.54. The number of anilines is 2. The van der Waals surface area contributed by atoms with E-state index in [0.717, 1.165) is 47.5 Å². The van der Waals surface area contributed by atoms with Crippen LogP contribution in [0.2, 0.25) is 0 Å². The van der Waals surface area contributed by atoms with Crippen LogP contribution in [0.1, 0.15) is 58.1 Å². The molecule has 0 spiro atoms. The Kier molecular flexibility index (Phi) is 8.57. The van der Waals surface area contributed by atoms with Crippen molar-refractivity contribution in [3.63, 3.8) is 0 Å². The van der Waals surface area contributed by atoms with Crippen molar-refractivity contribution in [2.45, 2.75) is 31.3 Å². The highest BCUT2D eigenvalue weighted by atomic mass is 16.5. The molecule has 1 saturated heterocycles. The van der Waals surface area contributed by atoms with Crippen LogP contribution in [0.4, 0.5) is 16.2 Å². The molecule has 4 amide bonds. The minimum absolute atomic E-state index is 0.0837. The Balaban J connectivity index is 1.18. The van der Waals surface area contributed by atoms with E-state index in [2.05, 4.69) is 34.5 Å². The Morgan fingerprint density at radius 3 is 1.90 bits per heavy atom. The zero-order valence-corrected chi connectivity index (χ0v) is 28.3. The van der Waals surface area contributed by atoms with E-state index >= 15 is 0 Å². The van der Waals surface area contributed by atoms with E-state index in [-0.39, 0.29) is 17.4 Å². The maximum absolute atomic E-state index is 14.3. The van der Waals surface area contributed by atoms with Gasteiger partial charge in [-0.25, -0.2) is 9.69 Å². The van der Waals surface area contributed by atoms with Gasteiger partial charge in [0, 0.05) is 30.6 Å². The van der Waals surface area contributed by atoms with E-state index in [4.69, 9.17) is 9.47 Å². The van der Waals surface area contributed by atoms with Gasteiger partial charge in [0.05, 0.1) is 12.8 Å². The molecule has 8 rings (SSSR count). The van der Waals surface area contributed by atoms with Crippen molar-refractivity contribution in [2.75, 3.05) is 30.0 Å². The van der Waals surface area contributed by atoms with E-state index in [1.165, 1.54) is 30.0 Å². The van der Waals surface area contributed by atoms with Crippen molar-refractivity contribution in [3.8, 4) is 11.5 Å². The van der Waals surface area contributed by atoms with Crippen molar-refractivity contribution in [3.05, 3.63) is 160 Å². The highest BCUT2D eigenvalue weighted by molar-refractivity contribution is 6.39. The van der Waals surface area contributed by atoms with Gasteiger partial charge >= 0.3 is 6.03 Å². The summed E-state index contributed by atoms with van der Waals surface area (Å²) in [5, 5.41) is 2.43. The van der Waals surface area contributed by atoms with Crippen LogP contribution in [0, 0.1) is 0 Å². The summed E-state index contributed by atoms with van der Waals surface area (Å²) in [5.41, 5.74) is 7.57. The third-order valence-electron chi connectivity index (χ3n) is 10.1. The average Bonchev–Trinajstić information content (AvgIpc) is 3.17. The molecule has 3 aliphatic rings. The maximum atomic E-state index is 14.3. The topological polar surface area (TPSA) is 88.2 Å². The van der Waals surface area contributed by atoms with Crippen LogP contribution >= 0.6 is 0 Å². The fourth-order valence-corrected chi connectivity index (χ4v) is 7.66. The minimum atomic E-state index is -0.771. The van der Waals surface area contributed by atoms with Gasteiger partial charge in [0.15, 0.2) is 11.5 Å². The molecule has 0 unspecified atom stereocenters. The quantitative estimate of drug-likeness (QED) is 0.133. The number of amides is 4. The van der Waals surface area contributed by atoms with Gasteiger partial charge in [-0.15, -0.1) is 0 Å². The van der Waals surface area contributed by atoms with Gasteiger partial charge in [0.25, 0.3) is 11.8 Å². The van der Waals surface area contributed by atoms with Gasteiger partial charge in [0.2, 0.25) is 0 Å². The normalized spacial score (nSPS) is 19.1. The first-order chi connectivity index (χ1) is 25.0. The van der Waals surface area contributed by atoms with Crippen molar-refractivity contribution in [1.82, 2.24) is 5.32 Å². The fraction of sp³-hybridized carbons (Fsp3) is 0.186. The number of hydrogen-bond acceptors (Lipinski definition) is 6. The minimum Gasteiger partial charge on any atom is -0.493 e. The molecule has 8 nitrogen and oxygen atoms in total. The molecule has 0 bridgehead atoms. The predicted molar refractivity (Wildman–Crippen MR) is 197 cm³/mol. The number of rotatable bonds is 8. The molecule has 5 aromatic carbocycles. The number of ether oxygens (including phenoxy) is 2. The molecule has 51 heavy (non-hydrogen) atoms. The van der Waals surface area contributed by atoms with Crippen LogP contribution in [0.5, 0.6) is 11.5 Å². The molecule has 0 radical (unpaired) electrons. The lowest BCUT2D eigenvalue weighted by atomic mass is 9.76. The molecule has 2 atom stereocenters. The highest BCUT2D eigenvalue weighted by Crippen LogP contribution is 2.50. The number of nitrogens with zero attached hydrogens (tertiary/aromatic N) is 2. The summed E-state index contributed by atoms with van der Waals surface area (Å²) in [6.07, 6.45) is 3.31. The number of carbonyl (C=O) groups excluding carboxylic acids is 3.